The predicted octanol–water partition coefficient (Wildman–Crippen LogP) is 3.62. The van der Waals surface area contributed by atoms with Crippen LogP contribution in [0.1, 0.15) is 49.1 Å². The molecule has 0 spiro atoms. The number of nitrogens with one attached hydrogen (secondary N) is 1. The lowest BCUT2D eigenvalue weighted by atomic mass is 10.0. The first kappa shape index (κ1) is 19.3. The summed E-state index contributed by atoms with van der Waals surface area (Å²) in [5, 5.41) is 11.5. The summed E-state index contributed by atoms with van der Waals surface area (Å²) in [5.74, 6) is 0.994. The molecule has 1 aromatic carbocycles. The van der Waals surface area contributed by atoms with Crippen LogP contribution in [0.25, 0.3) is 0 Å². The fraction of sp³-hybridized carbons (Fsp3) is 0.522. The second-order valence-corrected chi connectivity index (χ2v) is 8.87. The zero-order valence-electron chi connectivity index (χ0n) is 17.3. The molecule has 1 saturated heterocycles. The summed E-state index contributed by atoms with van der Waals surface area (Å²) in [5.41, 5.74) is 1.78. The molecule has 2 saturated carbocycles. The van der Waals surface area contributed by atoms with Crippen molar-refractivity contribution in [1.82, 2.24) is 20.4 Å². The molecule has 2 amide bonds. The number of benzene rings is 1. The summed E-state index contributed by atoms with van der Waals surface area (Å²) in [6.45, 7) is 3.54. The van der Waals surface area contributed by atoms with Gasteiger partial charge in [0.2, 0.25) is 0 Å². The Morgan fingerprint density at radius 3 is 2.83 bits per heavy atom. The number of rotatable bonds is 5. The number of aryl methyl sites for hydroxylation is 1. The molecule has 2 heterocycles. The van der Waals surface area contributed by atoms with E-state index in [0.29, 0.717) is 11.6 Å². The summed E-state index contributed by atoms with van der Waals surface area (Å²) in [4.78, 5) is 17.6. The van der Waals surface area contributed by atoms with Gasteiger partial charge in [-0.05, 0) is 68.4 Å². The number of anilines is 1. The van der Waals surface area contributed by atoms with Gasteiger partial charge in [-0.25, -0.2) is 9.18 Å². The number of halogens is 1. The Balaban J connectivity index is 1.24. The first-order chi connectivity index (χ1) is 14.6. The van der Waals surface area contributed by atoms with Crippen molar-refractivity contribution in [3.05, 3.63) is 53.5 Å². The maximum atomic E-state index is 13.6. The summed E-state index contributed by atoms with van der Waals surface area (Å²) in [7, 11) is 0. The van der Waals surface area contributed by atoms with E-state index in [9.17, 15) is 9.18 Å². The molecule has 3 fully saturated rings. The molecule has 6 nitrogen and oxygen atoms in total. The lowest BCUT2D eigenvalue weighted by molar-refractivity contribution is 0.160. The van der Waals surface area contributed by atoms with E-state index in [1.54, 1.807) is 13.1 Å². The molecule has 0 bridgehead atoms. The highest BCUT2D eigenvalue weighted by molar-refractivity contribution is 5.76. The Kier molecular flexibility index (Phi) is 5.05. The van der Waals surface area contributed by atoms with Gasteiger partial charge >= 0.3 is 6.03 Å². The molecule has 1 aromatic heterocycles. The highest BCUT2D eigenvalue weighted by atomic mass is 19.1. The van der Waals surface area contributed by atoms with E-state index in [2.05, 4.69) is 25.3 Å². The smallest absolute Gasteiger partial charge is 0.318 e. The lowest BCUT2D eigenvalue weighted by Gasteiger charge is -2.40. The Hall–Kier alpha value is -2.70. The molecule has 0 unspecified atom stereocenters. The van der Waals surface area contributed by atoms with Crippen molar-refractivity contribution < 1.29 is 9.18 Å². The minimum Gasteiger partial charge on any atom is -0.353 e. The first-order valence-electron chi connectivity index (χ1n) is 11.0. The lowest BCUT2D eigenvalue weighted by Crippen LogP contribution is -2.54. The fourth-order valence-electron chi connectivity index (χ4n) is 4.69. The number of aromatic nitrogens is 2. The van der Waals surface area contributed by atoms with E-state index in [1.165, 1.54) is 6.07 Å². The van der Waals surface area contributed by atoms with E-state index < -0.39 is 0 Å². The zero-order chi connectivity index (χ0) is 20.7. The minimum absolute atomic E-state index is 0.0508. The van der Waals surface area contributed by atoms with Crippen LogP contribution in [-0.2, 0) is 0 Å². The third kappa shape index (κ3) is 3.98. The molecule has 7 heteroatoms. The largest absolute Gasteiger partial charge is 0.353 e. The fourth-order valence-corrected chi connectivity index (χ4v) is 4.69. The molecule has 2 aromatic rings. The van der Waals surface area contributed by atoms with Gasteiger partial charge in [0, 0.05) is 37.3 Å². The molecule has 158 valence electrons. The summed E-state index contributed by atoms with van der Waals surface area (Å²) in [6.07, 6.45) is 6.83. The second-order valence-electron chi connectivity index (χ2n) is 8.87. The number of carbonyl (C=O) groups excluding carboxylic acids is 1. The van der Waals surface area contributed by atoms with Crippen LogP contribution in [0.15, 0.2) is 36.5 Å². The van der Waals surface area contributed by atoms with Gasteiger partial charge in [-0.3, -0.25) is 0 Å². The van der Waals surface area contributed by atoms with Gasteiger partial charge in [-0.15, -0.1) is 5.10 Å². The number of amides is 2. The van der Waals surface area contributed by atoms with Crippen LogP contribution in [0.2, 0.25) is 0 Å². The van der Waals surface area contributed by atoms with E-state index >= 15 is 0 Å². The second kappa shape index (κ2) is 7.85. The molecule has 1 N–H and O–H groups in total. The highest BCUT2D eigenvalue weighted by Gasteiger charge is 2.44. The minimum atomic E-state index is -0.176. The molecular weight excluding hydrogens is 381 g/mol. The number of carbonyl (C=O) groups is 1. The van der Waals surface area contributed by atoms with Crippen molar-refractivity contribution in [3.8, 4) is 0 Å². The normalized spacial score (nSPS) is 25.7. The SMILES string of the molecule is Cc1cc([C@@H]2C[C@H]2NC(=O)N(C2CC2)[C@@H]2CCCN(c3cccnn3)C2)ccc1F. The van der Waals surface area contributed by atoms with E-state index in [0.717, 1.165) is 56.6 Å². The van der Waals surface area contributed by atoms with Gasteiger partial charge in [0.1, 0.15) is 5.82 Å². The van der Waals surface area contributed by atoms with Crippen molar-refractivity contribution in [2.75, 3.05) is 18.0 Å². The van der Waals surface area contributed by atoms with Crippen LogP contribution in [0.4, 0.5) is 15.0 Å². The molecule has 30 heavy (non-hydrogen) atoms. The average Bonchev–Trinajstić information content (AvgIpc) is 3.68. The number of nitrogens with zero attached hydrogens (tertiary/aromatic N) is 4. The standard InChI is InChI=1S/C23H28FN5O/c1-15-12-16(6-9-20(15)24)19-13-21(19)26-23(30)29(17-7-8-17)18-4-3-11-28(14-18)22-5-2-10-25-27-22/h2,5-6,9-10,12,17-19,21H,3-4,7-8,11,13-14H2,1H3,(H,26,30)/t18-,19+,21-/m1/s1. The molecule has 5 rings (SSSR count). The highest BCUT2D eigenvalue weighted by Crippen LogP contribution is 2.42. The molecule has 0 radical (unpaired) electrons. The molecule has 3 aliphatic rings. The molecule has 1 aliphatic heterocycles. The van der Waals surface area contributed by atoms with E-state index in [4.69, 9.17) is 0 Å². The van der Waals surface area contributed by atoms with Gasteiger partial charge in [0.25, 0.3) is 0 Å². The first-order valence-corrected chi connectivity index (χ1v) is 11.0. The summed E-state index contributed by atoms with van der Waals surface area (Å²) >= 11 is 0. The quantitative estimate of drug-likeness (QED) is 0.819. The molecular formula is C23H28FN5O. The van der Waals surface area contributed by atoms with Crippen LogP contribution in [0, 0.1) is 12.7 Å². The summed E-state index contributed by atoms with van der Waals surface area (Å²) < 4.78 is 13.6. The number of urea groups is 1. The van der Waals surface area contributed by atoms with Crippen LogP contribution < -0.4 is 10.2 Å². The van der Waals surface area contributed by atoms with Gasteiger partial charge in [0.15, 0.2) is 5.82 Å². The summed E-state index contributed by atoms with van der Waals surface area (Å²) in [6, 6.07) is 9.90. The van der Waals surface area contributed by atoms with Gasteiger partial charge in [0.05, 0.1) is 6.04 Å². The predicted molar refractivity (Wildman–Crippen MR) is 113 cm³/mol. The van der Waals surface area contributed by atoms with Crippen LogP contribution in [0.3, 0.4) is 0 Å². The van der Waals surface area contributed by atoms with E-state index in [1.807, 2.05) is 24.3 Å². The van der Waals surface area contributed by atoms with Gasteiger partial charge in [-0.2, -0.15) is 5.10 Å². The van der Waals surface area contributed by atoms with Crippen molar-refractivity contribution in [1.29, 1.82) is 0 Å². The number of piperidine rings is 1. The third-order valence-electron chi connectivity index (χ3n) is 6.56. The van der Waals surface area contributed by atoms with Crippen molar-refractivity contribution >= 4 is 11.8 Å². The number of hydrogen-bond donors (Lipinski definition) is 1. The van der Waals surface area contributed by atoms with Gasteiger partial charge in [-0.1, -0.05) is 12.1 Å². The van der Waals surface area contributed by atoms with E-state index in [-0.39, 0.29) is 29.8 Å². The molecule has 3 atom stereocenters. The third-order valence-corrected chi connectivity index (χ3v) is 6.56. The number of hydrogen-bond acceptors (Lipinski definition) is 4. The molecule has 2 aliphatic carbocycles. The van der Waals surface area contributed by atoms with Crippen molar-refractivity contribution in [3.63, 3.8) is 0 Å². The van der Waals surface area contributed by atoms with Crippen LogP contribution in [0.5, 0.6) is 0 Å². The van der Waals surface area contributed by atoms with Crippen LogP contribution in [-0.4, -0.2) is 52.3 Å². The Morgan fingerprint density at radius 1 is 1.23 bits per heavy atom. The van der Waals surface area contributed by atoms with Gasteiger partial charge < -0.3 is 15.1 Å². The Labute approximate surface area is 176 Å². The van der Waals surface area contributed by atoms with Crippen molar-refractivity contribution in [2.24, 2.45) is 0 Å². The van der Waals surface area contributed by atoms with Crippen LogP contribution >= 0.6 is 0 Å². The monoisotopic (exact) mass is 409 g/mol. The Bertz CT molecular complexity index is 919. The van der Waals surface area contributed by atoms with Crippen molar-refractivity contribution in [2.45, 2.75) is 63.1 Å². The average molecular weight is 410 g/mol. The topological polar surface area (TPSA) is 61.4 Å². The maximum Gasteiger partial charge on any atom is 0.318 e. The maximum absolute atomic E-state index is 13.6. The Morgan fingerprint density at radius 2 is 2.10 bits per heavy atom. The zero-order valence-corrected chi connectivity index (χ0v) is 17.3.